The van der Waals surface area contributed by atoms with Crippen LogP contribution in [-0.2, 0) is 11.2 Å². The van der Waals surface area contributed by atoms with Crippen LogP contribution in [0.2, 0.25) is 0 Å². The molecular formula is C18H21NO2. The highest BCUT2D eigenvalue weighted by molar-refractivity contribution is 5.79. The standard InChI is InChI=1S/C18H21NO2/c1-13-8-10-15(11-9-13)12-18(21)19(3)14(2)16-6-4-5-7-17(16)20/h4-11,14,20H,12H2,1-3H3. The molecule has 0 aliphatic carbocycles. The number of hydrogen-bond acceptors (Lipinski definition) is 2. The first-order valence-corrected chi connectivity index (χ1v) is 7.08. The van der Waals surface area contributed by atoms with Crippen LogP contribution in [0.3, 0.4) is 0 Å². The summed E-state index contributed by atoms with van der Waals surface area (Å²) in [7, 11) is 1.77. The van der Waals surface area contributed by atoms with E-state index in [4.69, 9.17) is 0 Å². The molecule has 1 unspecified atom stereocenters. The van der Waals surface area contributed by atoms with Crippen molar-refractivity contribution in [2.75, 3.05) is 7.05 Å². The molecule has 0 fully saturated rings. The first kappa shape index (κ1) is 15.1. The monoisotopic (exact) mass is 283 g/mol. The van der Waals surface area contributed by atoms with Gasteiger partial charge in [-0.05, 0) is 25.5 Å². The smallest absolute Gasteiger partial charge is 0.227 e. The lowest BCUT2D eigenvalue weighted by Gasteiger charge is -2.26. The van der Waals surface area contributed by atoms with Gasteiger partial charge >= 0.3 is 0 Å². The molecular weight excluding hydrogens is 262 g/mol. The highest BCUT2D eigenvalue weighted by Gasteiger charge is 2.19. The van der Waals surface area contributed by atoms with Crippen LogP contribution in [0.5, 0.6) is 5.75 Å². The predicted octanol–water partition coefficient (Wildman–Crippen LogP) is 3.46. The van der Waals surface area contributed by atoms with Gasteiger partial charge in [-0.2, -0.15) is 0 Å². The number of carbonyl (C=O) groups excluding carboxylic acids is 1. The summed E-state index contributed by atoms with van der Waals surface area (Å²) in [5.41, 5.74) is 2.95. The van der Waals surface area contributed by atoms with Gasteiger partial charge in [-0.15, -0.1) is 0 Å². The number of carbonyl (C=O) groups is 1. The highest BCUT2D eigenvalue weighted by atomic mass is 16.3. The quantitative estimate of drug-likeness (QED) is 0.933. The van der Waals surface area contributed by atoms with Crippen LogP contribution in [0.4, 0.5) is 0 Å². The summed E-state index contributed by atoms with van der Waals surface area (Å²) in [5, 5.41) is 9.89. The number of nitrogens with zero attached hydrogens (tertiary/aromatic N) is 1. The Morgan fingerprint density at radius 1 is 1.14 bits per heavy atom. The van der Waals surface area contributed by atoms with Gasteiger partial charge in [-0.25, -0.2) is 0 Å². The SMILES string of the molecule is Cc1ccc(CC(=O)N(C)C(C)c2ccccc2O)cc1. The molecule has 2 aromatic rings. The molecule has 21 heavy (non-hydrogen) atoms. The molecule has 0 aliphatic rings. The fourth-order valence-corrected chi connectivity index (χ4v) is 2.27. The lowest BCUT2D eigenvalue weighted by Crippen LogP contribution is -2.31. The Hall–Kier alpha value is -2.29. The number of rotatable bonds is 4. The van der Waals surface area contributed by atoms with Gasteiger partial charge in [-0.3, -0.25) is 4.79 Å². The van der Waals surface area contributed by atoms with Crippen LogP contribution in [0, 0.1) is 6.92 Å². The van der Waals surface area contributed by atoms with Crippen molar-refractivity contribution < 1.29 is 9.90 Å². The largest absolute Gasteiger partial charge is 0.508 e. The summed E-state index contributed by atoms with van der Waals surface area (Å²) in [5.74, 6) is 0.259. The maximum atomic E-state index is 12.4. The van der Waals surface area contributed by atoms with Crippen molar-refractivity contribution in [2.24, 2.45) is 0 Å². The molecule has 3 nitrogen and oxygen atoms in total. The summed E-state index contributed by atoms with van der Waals surface area (Å²) in [6, 6.07) is 14.9. The van der Waals surface area contributed by atoms with E-state index in [-0.39, 0.29) is 17.7 Å². The van der Waals surface area contributed by atoms with Crippen LogP contribution in [0.15, 0.2) is 48.5 Å². The maximum absolute atomic E-state index is 12.4. The van der Waals surface area contributed by atoms with Crippen LogP contribution in [0.25, 0.3) is 0 Å². The fourth-order valence-electron chi connectivity index (χ4n) is 2.27. The van der Waals surface area contributed by atoms with Crippen LogP contribution < -0.4 is 0 Å². The Bertz CT molecular complexity index is 619. The molecule has 110 valence electrons. The van der Waals surface area contributed by atoms with Crippen molar-refractivity contribution in [3.8, 4) is 5.75 Å². The second-order valence-corrected chi connectivity index (χ2v) is 5.40. The molecule has 0 heterocycles. The van der Waals surface area contributed by atoms with Crippen molar-refractivity contribution in [2.45, 2.75) is 26.3 Å². The van der Waals surface area contributed by atoms with Crippen molar-refractivity contribution in [3.63, 3.8) is 0 Å². The van der Waals surface area contributed by atoms with Gasteiger partial charge < -0.3 is 10.0 Å². The predicted molar refractivity (Wildman–Crippen MR) is 84.2 cm³/mol. The van der Waals surface area contributed by atoms with E-state index in [9.17, 15) is 9.90 Å². The number of aromatic hydroxyl groups is 1. The van der Waals surface area contributed by atoms with E-state index >= 15 is 0 Å². The second-order valence-electron chi connectivity index (χ2n) is 5.40. The van der Waals surface area contributed by atoms with E-state index in [0.29, 0.717) is 6.42 Å². The van der Waals surface area contributed by atoms with Gasteiger partial charge in [0.15, 0.2) is 0 Å². The second kappa shape index (κ2) is 6.44. The molecule has 0 saturated heterocycles. The summed E-state index contributed by atoms with van der Waals surface area (Å²) < 4.78 is 0. The molecule has 0 saturated carbocycles. The van der Waals surface area contributed by atoms with Crippen LogP contribution in [-0.4, -0.2) is 23.0 Å². The lowest BCUT2D eigenvalue weighted by atomic mass is 10.0. The molecule has 0 aromatic heterocycles. The van der Waals surface area contributed by atoms with Gasteiger partial charge in [0.2, 0.25) is 5.91 Å². The van der Waals surface area contributed by atoms with Crippen LogP contribution >= 0.6 is 0 Å². The highest BCUT2D eigenvalue weighted by Crippen LogP contribution is 2.27. The summed E-state index contributed by atoms with van der Waals surface area (Å²) in [6.45, 7) is 3.94. The zero-order valence-corrected chi connectivity index (χ0v) is 12.7. The van der Waals surface area contributed by atoms with E-state index in [1.165, 1.54) is 5.56 Å². The summed E-state index contributed by atoms with van der Waals surface area (Å²) in [4.78, 5) is 14.0. The first-order chi connectivity index (χ1) is 9.99. The Kier molecular flexibility index (Phi) is 4.63. The minimum absolute atomic E-state index is 0.0367. The number of phenolic OH excluding ortho intramolecular Hbond substituents is 1. The van der Waals surface area contributed by atoms with Gasteiger partial charge in [0, 0.05) is 12.6 Å². The molecule has 1 N–H and O–H groups in total. The lowest BCUT2D eigenvalue weighted by molar-refractivity contribution is -0.131. The first-order valence-electron chi connectivity index (χ1n) is 7.08. The number of benzene rings is 2. The summed E-state index contributed by atoms with van der Waals surface area (Å²) >= 11 is 0. The van der Waals surface area contributed by atoms with Crippen LogP contribution in [0.1, 0.15) is 29.7 Å². The Morgan fingerprint density at radius 3 is 2.38 bits per heavy atom. The van der Waals surface area contributed by atoms with Gasteiger partial charge in [0.05, 0.1) is 12.5 Å². The Balaban J connectivity index is 2.08. The van der Waals surface area contributed by atoms with E-state index in [2.05, 4.69) is 0 Å². The van der Waals surface area contributed by atoms with Crippen molar-refractivity contribution in [1.29, 1.82) is 0 Å². The molecule has 0 bridgehead atoms. The Labute approximate surface area is 125 Å². The zero-order valence-electron chi connectivity index (χ0n) is 12.7. The maximum Gasteiger partial charge on any atom is 0.227 e. The van der Waals surface area contributed by atoms with Crippen molar-refractivity contribution >= 4 is 5.91 Å². The van der Waals surface area contributed by atoms with E-state index in [1.807, 2.05) is 50.2 Å². The van der Waals surface area contributed by atoms with E-state index in [0.717, 1.165) is 11.1 Å². The molecule has 1 atom stereocenters. The average molecular weight is 283 g/mol. The number of likely N-dealkylation sites (N-methyl/N-ethyl adjacent to an activating group) is 1. The topological polar surface area (TPSA) is 40.5 Å². The van der Waals surface area contributed by atoms with Gasteiger partial charge in [-0.1, -0.05) is 48.0 Å². The number of hydrogen-bond donors (Lipinski definition) is 1. The van der Waals surface area contributed by atoms with E-state index < -0.39 is 0 Å². The van der Waals surface area contributed by atoms with Gasteiger partial charge in [0.1, 0.15) is 5.75 Å². The minimum Gasteiger partial charge on any atom is -0.508 e. The third-order valence-corrected chi connectivity index (χ3v) is 3.84. The van der Waals surface area contributed by atoms with E-state index in [1.54, 1.807) is 24.1 Å². The number of para-hydroxylation sites is 1. The van der Waals surface area contributed by atoms with Gasteiger partial charge in [0.25, 0.3) is 0 Å². The minimum atomic E-state index is -0.163. The molecule has 0 radical (unpaired) electrons. The molecule has 2 aromatic carbocycles. The molecule has 1 amide bonds. The molecule has 0 spiro atoms. The summed E-state index contributed by atoms with van der Waals surface area (Å²) in [6.07, 6.45) is 0.370. The molecule has 0 aliphatic heterocycles. The third kappa shape index (κ3) is 3.63. The molecule has 3 heteroatoms. The fraction of sp³-hybridized carbons (Fsp3) is 0.278. The zero-order chi connectivity index (χ0) is 15.4. The number of amides is 1. The number of aryl methyl sites for hydroxylation is 1. The average Bonchev–Trinajstić information content (AvgIpc) is 2.48. The van der Waals surface area contributed by atoms with Crippen molar-refractivity contribution in [1.82, 2.24) is 4.90 Å². The molecule has 2 rings (SSSR count). The Morgan fingerprint density at radius 2 is 1.76 bits per heavy atom. The third-order valence-electron chi connectivity index (χ3n) is 3.84. The number of phenols is 1. The normalized spacial score (nSPS) is 12.0. The van der Waals surface area contributed by atoms with Crippen molar-refractivity contribution in [3.05, 3.63) is 65.2 Å².